The van der Waals surface area contributed by atoms with Crippen molar-refractivity contribution < 1.29 is 23.6 Å². The molecule has 1 aromatic heterocycles. The van der Waals surface area contributed by atoms with E-state index in [1.54, 1.807) is 18.1 Å². The molecule has 0 fully saturated rings. The molecule has 1 aliphatic heterocycles. The van der Waals surface area contributed by atoms with Gasteiger partial charge < -0.3 is 24.6 Å². The van der Waals surface area contributed by atoms with Crippen molar-refractivity contribution in [2.24, 2.45) is 0 Å². The number of urea groups is 1. The first-order valence-electron chi connectivity index (χ1n) is 8.94. The first-order chi connectivity index (χ1) is 13.6. The highest BCUT2D eigenvalue weighted by atomic mass is 16.5. The summed E-state index contributed by atoms with van der Waals surface area (Å²) in [5.74, 6) is 0.904. The van der Waals surface area contributed by atoms with Crippen molar-refractivity contribution in [3.8, 4) is 0 Å². The number of aromatic nitrogens is 2. The first kappa shape index (κ1) is 19.6. The zero-order valence-corrected chi connectivity index (χ0v) is 15.9. The molecule has 10 heteroatoms. The number of nitrogens with zero attached hydrogens (tertiary/aromatic N) is 3. The Hall–Kier alpha value is -3.14. The van der Waals surface area contributed by atoms with Gasteiger partial charge in [0, 0.05) is 32.3 Å². The fourth-order valence-corrected chi connectivity index (χ4v) is 3.01. The Morgan fingerprint density at radius 2 is 2.18 bits per heavy atom. The van der Waals surface area contributed by atoms with Gasteiger partial charge in [0.05, 0.1) is 12.8 Å². The quantitative estimate of drug-likeness (QED) is 0.776. The Labute approximate surface area is 162 Å². The number of ether oxygens (including phenoxy) is 2. The lowest BCUT2D eigenvalue weighted by atomic mass is 10.0. The van der Waals surface area contributed by atoms with Crippen LogP contribution >= 0.6 is 0 Å². The highest BCUT2D eigenvalue weighted by molar-refractivity contribution is 5.92. The van der Waals surface area contributed by atoms with Crippen molar-refractivity contribution in [3.05, 3.63) is 35.5 Å². The number of carbonyl (C=O) groups excluding carboxylic acids is 2. The molecule has 0 saturated carbocycles. The van der Waals surface area contributed by atoms with Crippen LogP contribution < -0.4 is 15.5 Å². The number of amides is 3. The van der Waals surface area contributed by atoms with Crippen molar-refractivity contribution in [1.29, 1.82) is 0 Å². The van der Waals surface area contributed by atoms with Crippen molar-refractivity contribution in [2.45, 2.75) is 25.9 Å². The largest absolute Gasteiger partial charge is 0.452 e. The van der Waals surface area contributed by atoms with Crippen LogP contribution in [-0.4, -0.2) is 49.6 Å². The molecule has 0 spiro atoms. The van der Waals surface area contributed by atoms with Gasteiger partial charge in [0.2, 0.25) is 5.89 Å². The van der Waals surface area contributed by atoms with Gasteiger partial charge in [-0.15, -0.1) is 0 Å². The number of carbonyl (C=O) groups is 2. The fraction of sp³-hybridized carbons (Fsp3) is 0.444. The number of aryl methyl sites for hydroxylation is 1. The highest BCUT2D eigenvalue weighted by Crippen LogP contribution is 2.30. The van der Waals surface area contributed by atoms with Crippen molar-refractivity contribution >= 4 is 23.5 Å². The number of fused-ring (bicyclic) bond motifs is 1. The molecule has 2 N–H and O–H groups in total. The Morgan fingerprint density at radius 3 is 2.96 bits per heavy atom. The molecule has 0 radical (unpaired) electrons. The van der Waals surface area contributed by atoms with Gasteiger partial charge in [0.15, 0.2) is 5.82 Å². The highest BCUT2D eigenvalue weighted by Gasteiger charge is 2.23. The second-order valence-electron chi connectivity index (χ2n) is 6.24. The van der Waals surface area contributed by atoms with Crippen LogP contribution in [-0.2, 0) is 28.9 Å². The zero-order valence-electron chi connectivity index (χ0n) is 15.9. The third-order valence-electron chi connectivity index (χ3n) is 4.26. The van der Waals surface area contributed by atoms with Crippen LogP contribution in [0.3, 0.4) is 0 Å². The van der Waals surface area contributed by atoms with Crippen molar-refractivity contribution in [2.75, 3.05) is 37.5 Å². The van der Waals surface area contributed by atoms with Gasteiger partial charge in [-0.25, -0.2) is 9.59 Å². The molecule has 2 aromatic rings. The number of hydrogen-bond acceptors (Lipinski definition) is 7. The third kappa shape index (κ3) is 4.77. The van der Waals surface area contributed by atoms with E-state index in [-0.39, 0.29) is 18.7 Å². The van der Waals surface area contributed by atoms with Crippen LogP contribution in [0.5, 0.6) is 0 Å². The number of rotatable bonds is 6. The standard InChI is InChI=1S/C18H23N5O5/c1-26-11-15-21-16(28-22-15)7-8-19-17(24)20-13-5-6-14-12(10-13)4-3-9-23(14)18(25)27-2/h5-6,10H,3-4,7-9,11H2,1-2H3,(H2,19,20,24). The number of anilines is 2. The maximum atomic E-state index is 12.1. The maximum Gasteiger partial charge on any atom is 0.414 e. The normalized spacial score (nSPS) is 13.0. The average molecular weight is 389 g/mol. The predicted octanol–water partition coefficient (Wildman–Crippen LogP) is 2.10. The molecular formula is C18H23N5O5. The molecule has 2 heterocycles. The molecule has 28 heavy (non-hydrogen) atoms. The van der Waals surface area contributed by atoms with E-state index in [4.69, 9.17) is 14.0 Å². The SMILES string of the molecule is COCc1noc(CCNC(=O)Nc2ccc3c(c2)CCCN3C(=O)OC)n1. The average Bonchev–Trinajstić information content (AvgIpc) is 3.14. The molecule has 150 valence electrons. The number of benzene rings is 1. The molecule has 3 rings (SSSR count). The Morgan fingerprint density at radius 1 is 1.32 bits per heavy atom. The van der Waals surface area contributed by atoms with Crippen LogP contribution in [0.1, 0.15) is 23.7 Å². The molecule has 0 bridgehead atoms. The molecule has 0 atom stereocenters. The van der Waals surface area contributed by atoms with Crippen molar-refractivity contribution in [3.63, 3.8) is 0 Å². The van der Waals surface area contributed by atoms with Gasteiger partial charge in [0.25, 0.3) is 0 Å². The minimum atomic E-state index is -0.380. The molecule has 1 aromatic carbocycles. The first-order valence-corrected chi connectivity index (χ1v) is 8.94. The smallest absolute Gasteiger partial charge is 0.414 e. The zero-order chi connectivity index (χ0) is 19.9. The summed E-state index contributed by atoms with van der Waals surface area (Å²) >= 11 is 0. The minimum Gasteiger partial charge on any atom is -0.452 e. The summed E-state index contributed by atoms with van der Waals surface area (Å²) in [7, 11) is 2.92. The van der Waals surface area contributed by atoms with E-state index in [1.165, 1.54) is 7.11 Å². The topological polar surface area (TPSA) is 119 Å². The van der Waals surface area contributed by atoms with Gasteiger partial charge in [-0.3, -0.25) is 4.90 Å². The summed E-state index contributed by atoms with van der Waals surface area (Å²) in [6.07, 6.45) is 1.71. The van der Waals surface area contributed by atoms with Crippen LogP contribution in [0.4, 0.5) is 21.0 Å². The van der Waals surface area contributed by atoms with E-state index in [9.17, 15) is 9.59 Å². The van der Waals surface area contributed by atoms with E-state index >= 15 is 0 Å². The summed E-state index contributed by atoms with van der Waals surface area (Å²) in [5.41, 5.74) is 2.46. The summed E-state index contributed by atoms with van der Waals surface area (Å²) in [5, 5.41) is 9.29. The van der Waals surface area contributed by atoms with Gasteiger partial charge in [-0.05, 0) is 36.6 Å². The predicted molar refractivity (Wildman–Crippen MR) is 100 cm³/mol. The molecular weight excluding hydrogens is 366 g/mol. The summed E-state index contributed by atoms with van der Waals surface area (Å²) in [6, 6.07) is 5.11. The molecule has 0 unspecified atom stereocenters. The maximum absolute atomic E-state index is 12.1. The summed E-state index contributed by atoms with van der Waals surface area (Å²) < 4.78 is 14.8. The van der Waals surface area contributed by atoms with Gasteiger partial charge >= 0.3 is 12.1 Å². The van der Waals surface area contributed by atoms with Gasteiger partial charge in [-0.2, -0.15) is 4.98 Å². The van der Waals surface area contributed by atoms with Crippen LogP contribution in [0.15, 0.2) is 22.7 Å². The lowest BCUT2D eigenvalue weighted by Crippen LogP contribution is -2.35. The van der Waals surface area contributed by atoms with Gasteiger partial charge in [-0.1, -0.05) is 5.16 Å². The number of nitrogens with one attached hydrogen (secondary N) is 2. The van der Waals surface area contributed by atoms with Crippen molar-refractivity contribution in [1.82, 2.24) is 15.5 Å². The molecule has 0 aliphatic carbocycles. The summed E-state index contributed by atoms with van der Waals surface area (Å²) in [6.45, 7) is 1.25. The molecule has 3 amide bonds. The number of hydrogen-bond donors (Lipinski definition) is 2. The summed E-state index contributed by atoms with van der Waals surface area (Å²) in [4.78, 5) is 29.7. The van der Waals surface area contributed by atoms with Gasteiger partial charge in [0.1, 0.15) is 6.61 Å². The lowest BCUT2D eigenvalue weighted by molar-refractivity contribution is 0.174. The molecule has 10 nitrogen and oxygen atoms in total. The fourth-order valence-electron chi connectivity index (χ4n) is 3.01. The second kappa shape index (κ2) is 9.18. The third-order valence-corrected chi connectivity index (χ3v) is 4.26. The van der Waals surface area contributed by atoms with E-state index < -0.39 is 0 Å². The Kier molecular flexibility index (Phi) is 6.43. The second-order valence-corrected chi connectivity index (χ2v) is 6.24. The molecule has 1 aliphatic rings. The van der Waals surface area contributed by atoms with E-state index in [2.05, 4.69) is 20.8 Å². The number of methoxy groups -OCH3 is 2. The monoisotopic (exact) mass is 389 g/mol. The Balaban J connectivity index is 1.52. The van der Waals surface area contributed by atoms with Crippen LogP contribution in [0, 0.1) is 0 Å². The van der Waals surface area contributed by atoms with E-state index in [0.29, 0.717) is 36.9 Å². The van der Waals surface area contributed by atoms with Crippen LogP contribution in [0.2, 0.25) is 0 Å². The van der Waals surface area contributed by atoms with Crippen LogP contribution in [0.25, 0.3) is 0 Å². The lowest BCUT2D eigenvalue weighted by Gasteiger charge is -2.28. The minimum absolute atomic E-state index is 0.281. The molecule has 0 saturated heterocycles. The van der Waals surface area contributed by atoms with E-state index in [0.717, 1.165) is 24.1 Å². The van der Waals surface area contributed by atoms with E-state index in [1.807, 2.05) is 12.1 Å². The Bertz CT molecular complexity index is 838.